The van der Waals surface area contributed by atoms with E-state index in [9.17, 15) is 9.59 Å². The van der Waals surface area contributed by atoms with E-state index in [2.05, 4.69) is 22.8 Å². The lowest BCUT2D eigenvalue weighted by Gasteiger charge is -2.24. The minimum absolute atomic E-state index is 0.0679. The molecule has 1 aliphatic heterocycles. The molecule has 0 bridgehead atoms. The van der Waals surface area contributed by atoms with Gasteiger partial charge in [0.2, 0.25) is 5.91 Å². The van der Waals surface area contributed by atoms with Gasteiger partial charge in [-0.2, -0.15) is 0 Å². The lowest BCUT2D eigenvalue weighted by atomic mass is 9.81. The van der Waals surface area contributed by atoms with Gasteiger partial charge in [-0.3, -0.25) is 4.79 Å². The van der Waals surface area contributed by atoms with Crippen LogP contribution < -0.4 is 10.5 Å². The van der Waals surface area contributed by atoms with Gasteiger partial charge in [-0.15, -0.1) is 0 Å². The fourth-order valence-corrected chi connectivity index (χ4v) is 6.79. The fraction of sp³-hybridized carbons (Fsp3) is 0.484. The summed E-state index contributed by atoms with van der Waals surface area (Å²) in [5, 5.41) is 1.16. The molecule has 2 atom stereocenters. The van der Waals surface area contributed by atoms with Gasteiger partial charge >= 0.3 is 5.97 Å². The summed E-state index contributed by atoms with van der Waals surface area (Å²) >= 11 is 0. The lowest BCUT2D eigenvalue weighted by molar-refractivity contribution is -0.123. The first kappa shape index (κ1) is 24.1. The summed E-state index contributed by atoms with van der Waals surface area (Å²) in [6.07, 6.45) is 6.73. The number of nitrogens with two attached hydrogens (primary N) is 1. The Kier molecular flexibility index (Phi) is 5.45. The molecule has 6 rings (SSSR count). The van der Waals surface area contributed by atoms with Crippen LogP contribution in [0.15, 0.2) is 36.4 Å². The summed E-state index contributed by atoms with van der Waals surface area (Å²) in [6.45, 7) is 6.15. The molecular formula is C31H36N2O4. The molecule has 2 aliphatic carbocycles. The highest BCUT2D eigenvalue weighted by Gasteiger charge is 2.62. The lowest BCUT2D eigenvalue weighted by Crippen LogP contribution is -2.30. The van der Waals surface area contributed by atoms with Crippen LogP contribution in [0.25, 0.3) is 22.2 Å². The smallest absolute Gasteiger partial charge is 0.338 e. The van der Waals surface area contributed by atoms with E-state index in [1.807, 2.05) is 39.0 Å². The molecule has 3 aliphatic rings. The van der Waals surface area contributed by atoms with Crippen molar-refractivity contribution in [2.24, 2.45) is 11.1 Å². The summed E-state index contributed by atoms with van der Waals surface area (Å²) in [5.41, 5.74) is 11.2. The van der Waals surface area contributed by atoms with E-state index in [1.54, 1.807) is 7.11 Å². The van der Waals surface area contributed by atoms with E-state index in [0.717, 1.165) is 47.0 Å². The Morgan fingerprint density at radius 2 is 1.81 bits per heavy atom. The van der Waals surface area contributed by atoms with Gasteiger partial charge in [0.1, 0.15) is 11.4 Å². The SMILES string of the molecule is COc1ccc2c(c1)C1CC1(C(N)=O)Cn1c-2c(C2CCCCC2)c2ccc(C(=O)OC(C)(C)C)cc21. The van der Waals surface area contributed by atoms with Crippen LogP contribution in [0.4, 0.5) is 0 Å². The topological polar surface area (TPSA) is 83.5 Å². The number of nitrogens with zero attached hydrogens (tertiary/aromatic N) is 1. The van der Waals surface area contributed by atoms with Crippen LogP contribution in [0.1, 0.15) is 92.6 Å². The Morgan fingerprint density at radius 1 is 1.05 bits per heavy atom. The number of fused-ring (bicyclic) bond motifs is 7. The number of methoxy groups -OCH3 is 1. The van der Waals surface area contributed by atoms with Crippen LogP contribution in [0.2, 0.25) is 0 Å². The standard InChI is InChI=1S/C31H36N2O4/c1-30(2,3)37-28(34)19-10-12-22-25(14-19)33-17-31(29(32)35)16-24(31)23-15-20(36-4)11-13-21(23)27(33)26(22)18-8-6-5-7-9-18/h10-15,18,24H,5-9,16-17H2,1-4H3,(H2,32,35). The normalized spacial score (nSPS) is 23.0. The third kappa shape index (κ3) is 3.84. The van der Waals surface area contributed by atoms with Gasteiger partial charge < -0.3 is 19.8 Å². The summed E-state index contributed by atoms with van der Waals surface area (Å²) in [5.74, 6) is 0.701. The molecular weight excluding hydrogens is 464 g/mol. The first-order valence-electron chi connectivity index (χ1n) is 13.5. The maximum atomic E-state index is 13.0. The molecule has 0 saturated heterocycles. The van der Waals surface area contributed by atoms with Crippen molar-refractivity contribution < 1.29 is 19.1 Å². The predicted molar refractivity (Wildman–Crippen MR) is 144 cm³/mol. The van der Waals surface area contributed by atoms with Crippen molar-refractivity contribution in [3.63, 3.8) is 0 Å². The second-order valence-corrected chi connectivity index (χ2v) is 12.1. The molecule has 2 aromatic carbocycles. The van der Waals surface area contributed by atoms with E-state index in [1.165, 1.54) is 30.5 Å². The molecule has 37 heavy (non-hydrogen) atoms. The third-order valence-electron chi connectivity index (χ3n) is 8.65. The van der Waals surface area contributed by atoms with E-state index in [-0.39, 0.29) is 17.8 Å². The van der Waals surface area contributed by atoms with Gasteiger partial charge in [0, 0.05) is 28.9 Å². The number of aromatic nitrogens is 1. The quantitative estimate of drug-likeness (QED) is 0.427. The van der Waals surface area contributed by atoms with Crippen molar-refractivity contribution in [1.82, 2.24) is 4.57 Å². The number of amides is 1. The number of carbonyl (C=O) groups is 2. The minimum Gasteiger partial charge on any atom is -0.497 e. The van der Waals surface area contributed by atoms with E-state index in [4.69, 9.17) is 15.2 Å². The zero-order chi connectivity index (χ0) is 26.1. The highest BCUT2D eigenvalue weighted by molar-refractivity contribution is 6.00. The van der Waals surface area contributed by atoms with Gasteiger partial charge in [0.25, 0.3) is 0 Å². The molecule has 2 saturated carbocycles. The molecule has 1 aromatic heterocycles. The van der Waals surface area contributed by atoms with Crippen LogP contribution >= 0.6 is 0 Å². The second kappa shape index (κ2) is 8.37. The van der Waals surface area contributed by atoms with Crippen LogP contribution in [0.5, 0.6) is 5.75 Å². The number of hydrogen-bond donors (Lipinski definition) is 1. The van der Waals surface area contributed by atoms with Gasteiger partial charge in [0.05, 0.1) is 23.8 Å². The average molecular weight is 501 g/mol. The van der Waals surface area contributed by atoms with E-state index < -0.39 is 11.0 Å². The summed E-state index contributed by atoms with van der Waals surface area (Å²) in [7, 11) is 1.68. The van der Waals surface area contributed by atoms with Crippen molar-refractivity contribution in [1.29, 1.82) is 0 Å². The van der Waals surface area contributed by atoms with Gasteiger partial charge in [-0.05, 0) is 87.4 Å². The summed E-state index contributed by atoms with van der Waals surface area (Å²) < 4.78 is 13.6. The molecule has 2 unspecified atom stereocenters. The van der Waals surface area contributed by atoms with Crippen LogP contribution in [0, 0.1) is 5.41 Å². The second-order valence-electron chi connectivity index (χ2n) is 12.1. The van der Waals surface area contributed by atoms with Crippen LogP contribution in [-0.4, -0.2) is 29.2 Å². The van der Waals surface area contributed by atoms with Crippen molar-refractivity contribution in [3.8, 4) is 17.0 Å². The van der Waals surface area contributed by atoms with Crippen molar-refractivity contribution in [3.05, 3.63) is 53.1 Å². The van der Waals surface area contributed by atoms with E-state index >= 15 is 0 Å². The molecule has 6 nitrogen and oxygen atoms in total. The maximum Gasteiger partial charge on any atom is 0.338 e. The maximum absolute atomic E-state index is 13.0. The molecule has 2 heterocycles. The zero-order valence-corrected chi connectivity index (χ0v) is 22.2. The van der Waals surface area contributed by atoms with Gasteiger partial charge in [-0.25, -0.2) is 4.79 Å². The molecule has 2 fully saturated rings. The largest absolute Gasteiger partial charge is 0.497 e. The molecule has 0 radical (unpaired) electrons. The summed E-state index contributed by atoms with van der Waals surface area (Å²) in [4.78, 5) is 26.0. The van der Waals surface area contributed by atoms with E-state index in [0.29, 0.717) is 18.0 Å². The number of carbonyl (C=O) groups excluding carboxylic acids is 2. The van der Waals surface area contributed by atoms with Crippen molar-refractivity contribution >= 4 is 22.8 Å². The number of benzene rings is 2. The molecule has 194 valence electrons. The monoisotopic (exact) mass is 500 g/mol. The molecule has 2 N–H and O–H groups in total. The Labute approximate surface area is 218 Å². The Bertz CT molecular complexity index is 1420. The zero-order valence-electron chi connectivity index (χ0n) is 22.2. The average Bonchev–Trinajstić information content (AvgIpc) is 3.54. The minimum atomic E-state index is -0.635. The molecule has 3 aromatic rings. The van der Waals surface area contributed by atoms with Gasteiger partial charge in [-0.1, -0.05) is 25.3 Å². The first-order chi connectivity index (χ1) is 17.6. The predicted octanol–water partition coefficient (Wildman–Crippen LogP) is 6.29. The highest BCUT2D eigenvalue weighted by Crippen LogP contribution is 2.65. The van der Waals surface area contributed by atoms with Crippen LogP contribution in [-0.2, 0) is 16.1 Å². The highest BCUT2D eigenvalue weighted by atomic mass is 16.6. The van der Waals surface area contributed by atoms with Crippen LogP contribution in [0.3, 0.4) is 0 Å². The third-order valence-corrected chi connectivity index (χ3v) is 8.65. The first-order valence-corrected chi connectivity index (χ1v) is 13.5. The Hall–Kier alpha value is -3.28. The Balaban J connectivity index is 1.63. The molecule has 6 heteroatoms. The summed E-state index contributed by atoms with van der Waals surface area (Å²) in [6, 6.07) is 12.2. The van der Waals surface area contributed by atoms with Crippen molar-refractivity contribution in [2.75, 3.05) is 7.11 Å². The number of hydrogen-bond acceptors (Lipinski definition) is 4. The number of primary amides is 1. The van der Waals surface area contributed by atoms with Crippen molar-refractivity contribution in [2.45, 2.75) is 83.3 Å². The molecule has 0 spiro atoms. The number of esters is 1. The fourth-order valence-electron chi connectivity index (χ4n) is 6.79. The Morgan fingerprint density at radius 3 is 2.49 bits per heavy atom. The number of rotatable bonds is 4. The van der Waals surface area contributed by atoms with Gasteiger partial charge in [0.15, 0.2) is 0 Å². The number of ether oxygens (including phenoxy) is 2. The molecule has 1 amide bonds.